The summed E-state index contributed by atoms with van der Waals surface area (Å²) < 4.78 is 37.9. The van der Waals surface area contributed by atoms with Crippen LogP contribution in [0.1, 0.15) is 38.1 Å². The molecule has 0 aliphatic carbocycles. The standard InChI is InChI=1S/C22H36N4O6S/c1-14(2)23-22(28)24-17-8-9-18-19(10-17)32-13-16(4)26(33(7,29)30)11-15(3)20(31-6)12-25(5)21(18)27/h8-10,14-16,20H,11-13H2,1-7H3,(H2,23,24,28)/t15-,16+,20+/m1/s1. The molecule has 0 aromatic heterocycles. The van der Waals surface area contributed by atoms with Crippen LogP contribution in [-0.2, 0) is 14.8 Å². The number of carbonyl (C=O) groups is 2. The van der Waals surface area contributed by atoms with Crippen molar-refractivity contribution in [2.24, 2.45) is 5.92 Å². The quantitative estimate of drug-likeness (QED) is 0.675. The average Bonchev–Trinajstić information content (AvgIpc) is 2.71. The van der Waals surface area contributed by atoms with Gasteiger partial charge >= 0.3 is 6.03 Å². The lowest BCUT2D eigenvalue weighted by molar-refractivity contribution is 0.0213. The lowest BCUT2D eigenvalue weighted by Gasteiger charge is -2.34. The van der Waals surface area contributed by atoms with Crippen molar-refractivity contribution in [3.8, 4) is 5.75 Å². The van der Waals surface area contributed by atoms with Crippen LogP contribution in [0.15, 0.2) is 18.2 Å². The highest BCUT2D eigenvalue weighted by molar-refractivity contribution is 7.88. The van der Waals surface area contributed by atoms with E-state index >= 15 is 0 Å². The second kappa shape index (κ2) is 11.2. The Kier molecular flexibility index (Phi) is 9.10. The minimum atomic E-state index is -3.51. The number of urea groups is 1. The van der Waals surface area contributed by atoms with Crippen LogP contribution in [0.4, 0.5) is 10.5 Å². The SMILES string of the molecule is CO[C@H]1CN(C)C(=O)c2ccc(NC(=O)NC(C)C)cc2OC[C@H](C)N(S(C)(=O)=O)C[C@H]1C. The molecule has 1 aliphatic rings. The van der Waals surface area contributed by atoms with Crippen LogP contribution in [-0.4, -0.2) is 87.9 Å². The third kappa shape index (κ3) is 7.31. The highest BCUT2D eigenvalue weighted by Crippen LogP contribution is 2.27. The molecule has 0 bridgehead atoms. The van der Waals surface area contributed by atoms with Crippen LogP contribution >= 0.6 is 0 Å². The van der Waals surface area contributed by atoms with Crippen LogP contribution in [0, 0.1) is 5.92 Å². The van der Waals surface area contributed by atoms with Crippen molar-refractivity contribution in [1.82, 2.24) is 14.5 Å². The van der Waals surface area contributed by atoms with Crippen LogP contribution in [0.5, 0.6) is 5.75 Å². The molecule has 1 aliphatic heterocycles. The number of nitrogens with one attached hydrogen (secondary N) is 2. The van der Waals surface area contributed by atoms with E-state index in [1.807, 2.05) is 20.8 Å². The van der Waals surface area contributed by atoms with E-state index in [2.05, 4.69) is 10.6 Å². The molecule has 2 N–H and O–H groups in total. The highest BCUT2D eigenvalue weighted by Gasteiger charge is 2.31. The summed E-state index contributed by atoms with van der Waals surface area (Å²) in [6.45, 7) is 7.89. The van der Waals surface area contributed by atoms with Crippen molar-refractivity contribution in [2.45, 2.75) is 45.9 Å². The molecule has 3 atom stereocenters. The zero-order valence-corrected chi connectivity index (χ0v) is 21.2. The fourth-order valence-corrected chi connectivity index (χ4v) is 4.93. The van der Waals surface area contributed by atoms with Gasteiger partial charge in [-0.25, -0.2) is 13.2 Å². The Morgan fingerprint density at radius 1 is 1.24 bits per heavy atom. The number of nitrogens with zero attached hydrogens (tertiary/aromatic N) is 2. The lowest BCUT2D eigenvalue weighted by atomic mass is 10.0. The van der Waals surface area contributed by atoms with Gasteiger partial charge in [0.1, 0.15) is 12.4 Å². The van der Waals surface area contributed by atoms with Gasteiger partial charge in [0, 0.05) is 45.0 Å². The van der Waals surface area contributed by atoms with Crippen LogP contribution in [0.2, 0.25) is 0 Å². The second-order valence-corrected chi connectivity index (χ2v) is 10.8. The Morgan fingerprint density at radius 3 is 2.48 bits per heavy atom. The average molecular weight is 485 g/mol. The van der Waals surface area contributed by atoms with Crippen LogP contribution < -0.4 is 15.4 Å². The zero-order chi connectivity index (χ0) is 24.9. The molecule has 0 spiro atoms. The first-order valence-corrected chi connectivity index (χ1v) is 12.8. The van der Waals surface area contributed by atoms with Crippen molar-refractivity contribution < 1.29 is 27.5 Å². The number of sulfonamides is 1. The van der Waals surface area contributed by atoms with Crippen molar-refractivity contribution >= 4 is 27.6 Å². The zero-order valence-electron chi connectivity index (χ0n) is 20.4. The number of likely N-dealkylation sites (N-methyl/N-ethyl adjacent to an activating group) is 1. The van der Waals surface area contributed by atoms with Gasteiger partial charge in [0.2, 0.25) is 10.0 Å². The Balaban J connectivity index is 2.45. The molecule has 0 saturated heterocycles. The number of hydrogen-bond acceptors (Lipinski definition) is 6. The number of anilines is 1. The van der Waals surface area contributed by atoms with E-state index in [1.54, 1.807) is 39.3 Å². The summed E-state index contributed by atoms with van der Waals surface area (Å²) in [6.07, 6.45) is 0.808. The number of hydrogen-bond donors (Lipinski definition) is 2. The maximum Gasteiger partial charge on any atom is 0.319 e. The molecule has 11 heteroatoms. The van der Waals surface area contributed by atoms with E-state index in [0.717, 1.165) is 0 Å². The fourth-order valence-electron chi connectivity index (χ4n) is 3.71. The lowest BCUT2D eigenvalue weighted by Crippen LogP contribution is -2.48. The van der Waals surface area contributed by atoms with Gasteiger partial charge in [0.25, 0.3) is 5.91 Å². The highest BCUT2D eigenvalue weighted by atomic mass is 32.2. The van der Waals surface area contributed by atoms with Crippen molar-refractivity contribution in [1.29, 1.82) is 0 Å². The van der Waals surface area contributed by atoms with Gasteiger partial charge in [-0.2, -0.15) is 4.31 Å². The van der Waals surface area contributed by atoms with Gasteiger partial charge in [-0.15, -0.1) is 0 Å². The number of rotatable bonds is 4. The summed E-state index contributed by atoms with van der Waals surface area (Å²) in [7, 11) is -0.299. The number of benzene rings is 1. The molecule has 186 valence electrons. The largest absolute Gasteiger partial charge is 0.491 e. The number of fused-ring (bicyclic) bond motifs is 1. The van der Waals surface area contributed by atoms with Crippen LogP contribution in [0.3, 0.4) is 0 Å². The minimum absolute atomic E-state index is 0.0308. The topological polar surface area (TPSA) is 117 Å². The molecule has 0 unspecified atom stereocenters. The van der Waals surface area contributed by atoms with E-state index in [4.69, 9.17) is 9.47 Å². The molecule has 10 nitrogen and oxygen atoms in total. The molecular formula is C22H36N4O6S. The number of methoxy groups -OCH3 is 1. The summed E-state index contributed by atoms with van der Waals surface area (Å²) in [6, 6.07) is 3.88. The number of carbonyl (C=O) groups excluding carboxylic acids is 2. The molecule has 0 saturated carbocycles. The third-order valence-corrected chi connectivity index (χ3v) is 6.85. The van der Waals surface area contributed by atoms with Gasteiger partial charge in [0.05, 0.1) is 24.0 Å². The van der Waals surface area contributed by atoms with E-state index in [9.17, 15) is 18.0 Å². The van der Waals surface area contributed by atoms with E-state index < -0.39 is 16.1 Å². The van der Waals surface area contributed by atoms with Crippen LogP contribution in [0.25, 0.3) is 0 Å². The Morgan fingerprint density at radius 2 is 1.91 bits per heavy atom. The normalized spacial score (nSPS) is 23.2. The molecule has 0 fully saturated rings. The molecule has 1 heterocycles. The number of amides is 3. The van der Waals surface area contributed by atoms with Gasteiger partial charge in [0.15, 0.2) is 0 Å². The maximum atomic E-state index is 13.2. The monoisotopic (exact) mass is 484 g/mol. The van der Waals surface area contributed by atoms with Gasteiger partial charge < -0.3 is 25.0 Å². The first-order chi connectivity index (χ1) is 15.3. The molecule has 3 amide bonds. The number of ether oxygens (including phenoxy) is 2. The molecular weight excluding hydrogens is 448 g/mol. The summed E-state index contributed by atoms with van der Waals surface area (Å²) in [5.41, 5.74) is 0.763. The Bertz CT molecular complexity index is 952. The predicted molar refractivity (Wildman–Crippen MR) is 127 cm³/mol. The van der Waals surface area contributed by atoms with E-state index in [0.29, 0.717) is 11.3 Å². The third-order valence-electron chi connectivity index (χ3n) is 5.49. The van der Waals surface area contributed by atoms with Crippen molar-refractivity contribution in [3.05, 3.63) is 23.8 Å². The fraction of sp³-hybridized carbons (Fsp3) is 0.636. The van der Waals surface area contributed by atoms with Crippen molar-refractivity contribution in [2.75, 3.05) is 45.4 Å². The Labute approximate surface area is 196 Å². The summed E-state index contributed by atoms with van der Waals surface area (Å²) in [4.78, 5) is 26.8. The predicted octanol–water partition coefficient (Wildman–Crippen LogP) is 1.98. The molecule has 33 heavy (non-hydrogen) atoms. The Hall–Kier alpha value is -2.37. The minimum Gasteiger partial charge on any atom is -0.491 e. The summed E-state index contributed by atoms with van der Waals surface area (Å²) in [5.74, 6) is -0.157. The molecule has 2 rings (SSSR count). The van der Waals surface area contributed by atoms with Crippen molar-refractivity contribution in [3.63, 3.8) is 0 Å². The van der Waals surface area contributed by atoms with E-state index in [1.165, 1.54) is 15.5 Å². The second-order valence-electron chi connectivity index (χ2n) is 8.89. The smallest absolute Gasteiger partial charge is 0.319 e. The first kappa shape index (κ1) is 26.9. The molecule has 0 radical (unpaired) electrons. The first-order valence-electron chi connectivity index (χ1n) is 10.9. The van der Waals surface area contributed by atoms with Gasteiger partial charge in [-0.1, -0.05) is 6.92 Å². The van der Waals surface area contributed by atoms with Gasteiger partial charge in [-0.3, -0.25) is 4.79 Å². The summed E-state index contributed by atoms with van der Waals surface area (Å²) in [5, 5.41) is 5.46. The molecule has 1 aromatic carbocycles. The maximum absolute atomic E-state index is 13.2. The van der Waals surface area contributed by atoms with Gasteiger partial charge in [-0.05, 0) is 38.8 Å². The summed E-state index contributed by atoms with van der Waals surface area (Å²) >= 11 is 0. The van der Waals surface area contributed by atoms with E-state index in [-0.39, 0.29) is 55.4 Å². The molecule has 1 aromatic rings.